The van der Waals surface area contributed by atoms with Crippen LogP contribution in [0.5, 0.6) is 5.75 Å². The maximum Gasteiger partial charge on any atom is 0.366 e. The van der Waals surface area contributed by atoms with Gasteiger partial charge in [-0.25, -0.2) is 4.79 Å². The summed E-state index contributed by atoms with van der Waals surface area (Å²) in [6.07, 6.45) is 0. The lowest BCUT2D eigenvalue weighted by Gasteiger charge is -2.20. The fourth-order valence-corrected chi connectivity index (χ4v) is 1.34. The molecule has 1 aromatic rings. The van der Waals surface area contributed by atoms with E-state index in [0.29, 0.717) is 5.69 Å². The number of ether oxygens (including phenoxy) is 2. The van der Waals surface area contributed by atoms with E-state index in [4.69, 9.17) is 21.7 Å². The Morgan fingerprint density at radius 1 is 1.22 bits per heavy atom. The molecule has 0 bridgehead atoms. The fraction of sp³-hybridized carbons (Fsp3) is 0.385. The van der Waals surface area contributed by atoms with E-state index in [2.05, 4.69) is 5.32 Å². The van der Waals surface area contributed by atoms with E-state index < -0.39 is 11.6 Å². The average Bonchev–Trinajstić information content (AvgIpc) is 2.27. The number of hydrogen-bond donors (Lipinski definition) is 1. The SMILES string of the molecule is COc1ccc(NC(=S)C(=O)OC(C)(C)C)cc1. The van der Waals surface area contributed by atoms with Crippen molar-refractivity contribution in [2.75, 3.05) is 12.4 Å². The number of benzene rings is 1. The molecular formula is C13H17NO3S. The van der Waals surface area contributed by atoms with Crippen molar-refractivity contribution in [3.05, 3.63) is 24.3 Å². The van der Waals surface area contributed by atoms with E-state index in [1.165, 1.54) is 0 Å². The van der Waals surface area contributed by atoms with Gasteiger partial charge in [0, 0.05) is 5.69 Å². The summed E-state index contributed by atoms with van der Waals surface area (Å²) in [4.78, 5) is 11.7. The van der Waals surface area contributed by atoms with E-state index in [1.807, 2.05) is 0 Å². The van der Waals surface area contributed by atoms with Gasteiger partial charge in [-0.3, -0.25) is 0 Å². The van der Waals surface area contributed by atoms with Gasteiger partial charge in [0.25, 0.3) is 0 Å². The number of thiocarbonyl (C=S) groups is 1. The van der Waals surface area contributed by atoms with Crippen LogP contribution in [0, 0.1) is 0 Å². The molecule has 1 N–H and O–H groups in total. The van der Waals surface area contributed by atoms with Crippen molar-refractivity contribution >= 4 is 28.9 Å². The molecule has 18 heavy (non-hydrogen) atoms. The molecule has 0 radical (unpaired) electrons. The van der Waals surface area contributed by atoms with Crippen LogP contribution < -0.4 is 10.1 Å². The smallest absolute Gasteiger partial charge is 0.366 e. The molecule has 0 saturated heterocycles. The number of rotatable bonds is 2. The number of methoxy groups -OCH3 is 1. The summed E-state index contributed by atoms with van der Waals surface area (Å²) in [5, 5.41) is 2.82. The summed E-state index contributed by atoms with van der Waals surface area (Å²) in [7, 11) is 1.59. The van der Waals surface area contributed by atoms with Crippen LogP contribution in [-0.2, 0) is 9.53 Å². The maximum atomic E-state index is 11.6. The molecule has 98 valence electrons. The van der Waals surface area contributed by atoms with Crippen molar-refractivity contribution in [3.8, 4) is 5.75 Å². The zero-order valence-electron chi connectivity index (χ0n) is 10.9. The topological polar surface area (TPSA) is 47.6 Å². The normalized spacial score (nSPS) is 10.7. The van der Waals surface area contributed by atoms with Crippen LogP contribution in [-0.4, -0.2) is 23.7 Å². The van der Waals surface area contributed by atoms with Crippen molar-refractivity contribution < 1.29 is 14.3 Å². The Bertz CT molecular complexity index is 435. The number of nitrogens with one attached hydrogen (secondary N) is 1. The Labute approximate surface area is 112 Å². The van der Waals surface area contributed by atoms with Gasteiger partial charge in [-0.2, -0.15) is 0 Å². The van der Waals surface area contributed by atoms with E-state index in [1.54, 1.807) is 52.1 Å². The van der Waals surface area contributed by atoms with Gasteiger partial charge >= 0.3 is 5.97 Å². The highest BCUT2D eigenvalue weighted by molar-refractivity contribution is 7.82. The van der Waals surface area contributed by atoms with Gasteiger partial charge in [-0.1, -0.05) is 12.2 Å². The maximum absolute atomic E-state index is 11.6. The van der Waals surface area contributed by atoms with Crippen molar-refractivity contribution in [3.63, 3.8) is 0 Å². The molecule has 4 nitrogen and oxygen atoms in total. The quantitative estimate of drug-likeness (QED) is 0.659. The molecule has 0 aromatic heterocycles. The van der Waals surface area contributed by atoms with E-state index in [9.17, 15) is 4.79 Å². The number of carbonyl (C=O) groups is 1. The highest BCUT2D eigenvalue weighted by Gasteiger charge is 2.19. The fourth-order valence-electron chi connectivity index (χ4n) is 1.18. The predicted octanol–water partition coefficient (Wildman–Crippen LogP) is 2.78. The van der Waals surface area contributed by atoms with Gasteiger partial charge in [0.15, 0.2) is 4.99 Å². The average molecular weight is 267 g/mol. The van der Waals surface area contributed by atoms with Gasteiger partial charge in [-0.05, 0) is 45.0 Å². The Hall–Kier alpha value is -1.62. The van der Waals surface area contributed by atoms with Crippen molar-refractivity contribution in [1.82, 2.24) is 0 Å². The molecule has 0 fully saturated rings. The highest BCUT2D eigenvalue weighted by atomic mass is 32.1. The van der Waals surface area contributed by atoms with Crippen LogP contribution in [0.1, 0.15) is 20.8 Å². The molecule has 0 aliphatic rings. The first-order chi connectivity index (χ1) is 8.31. The van der Waals surface area contributed by atoms with Crippen LogP contribution in [0.4, 0.5) is 5.69 Å². The third-order valence-electron chi connectivity index (χ3n) is 1.93. The van der Waals surface area contributed by atoms with Gasteiger partial charge in [0.2, 0.25) is 0 Å². The van der Waals surface area contributed by atoms with Gasteiger partial charge in [0.05, 0.1) is 7.11 Å². The zero-order chi connectivity index (χ0) is 13.8. The Kier molecular flexibility index (Phi) is 4.67. The second-order valence-electron chi connectivity index (χ2n) is 4.68. The molecule has 5 heteroatoms. The van der Waals surface area contributed by atoms with E-state index in [0.717, 1.165) is 5.75 Å². The zero-order valence-corrected chi connectivity index (χ0v) is 11.8. The highest BCUT2D eigenvalue weighted by Crippen LogP contribution is 2.15. The molecule has 0 aliphatic carbocycles. The van der Waals surface area contributed by atoms with Gasteiger partial charge < -0.3 is 14.8 Å². The van der Waals surface area contributed by atoms with Crippen LogP contribution >= 0.6 is 12.2 Å². The molecule has 0 spiro atoms. The largest absolute Gasteiger partial charge is 0.497 e. The number of anilines is 1. The molecule has 0 heterocycles. The van der Waals surface area contributed by atoms with Crippen LogP contribution in [0.15, 0.2) is 24.3 Å². The Balaban J connectivity index is 2.61. The molecular weight excluding hydrogens is 250 g/mol. The minimum atomic E-state index is -0.553. The van der Waals surface area contributed by atoms with Crippen molar-refractivity contribution in [2.45, 2.75) is 26.4 Å². The number of hydrogen-bond acceptors (Lipinski definition) is 4. The van der Waals surface area contributed by atoms with Gasteiger partial charge in [0.1, 0.15) is 11.4 Å². The molecule has 0 aliphatic heterocycles. The Morgan fingerprint density at radius 3 is 2.22 bits per heavy atom. The summed E-state index contributed by atoms with van der Waals surface area (Å²) in [6, 6.07) is 7.10. The lowest BCUT2D eigenvalue weighted by Crippen LogP contribution is -2.31. The third kappa shape index (κ3) is 4.71. The summed E-state index contributed by atoms with van der Waals surface area (Å²) < 4.78 is 10.2. The molecule has 0 saturated carbocycles. The first-order valence-corrected chi connectivity index (χ1v) is 5.91. The molecule has 1 aromatic carbocycles. The summed E-state index contributed by atoms with van der Waals surface area (Å²) in [5.74, 6) is 0.206. The van der Waals surface area contributed by atoms with Crippen LogP contribution in [0.25, 0.3) is 0 Å². The second-order valence-corrected chi connectivity index (χ2v) is 5.09. The molecule has 0 atom stereocenters. The minimum absolute atomic E-state index is 0.0371. The predicted molar refractivity (Wildman–Crippen MR) is 75.1 cm³/mol. The van der Waals surface area contributed by atoms with E-state index >= 15 is 0 Å². The molecule has 0 unspecified atom stereocenters. The first-order valence-electron chi connectivity index (χ1n) is 5.50. The van der Waals surface area contributed by atoms with Gasteiger partial charge in [-0.15, -0.1) is 0 Å². The second kappa shape index (κ2) is 5.82. The minimum Gasteiger partial charge on any atom is -0.497 e. The summed E-state index contributed by atoms with van der Waals surface area (Å²) >= 11 is 4.97. The van der Waals surface area contributed by atoms with Crippen LogP contribution in [0.3, 0.4) is 0 Å². The standard InChI is InChI=1S/C13H17NO3S/c1-13(2,3)17-12(15)11(18)14-9-5-7-10(16-4)8-6-9/h5-8H,1-4H3,(H,14,18). The van der Waals surface area contributed by atoms with E-state index in [-0.39, 0.29) is 4.99 Å². The Morgan fingerprint density at radius 2 is 1.78 bits per heavy atom. The summed E-state index contributed by atoms with van der Waals surface area (Å²) in [6.45, 7) is 5.38. The first kappa shape index (κ1) is 14.4. The van der Waals surface area contributed by atoms with Crippen molar-refractivity contribution in [2.24, 2.45) is 0 Å². The van der Waals surface area contributed by atoms with Crippen molar-refractivity contribution in [1.29, 1.82) is 0 Å². The molecule has 0 amide bonds. The third-order valence-corrected chi connectivity index (χ3v) is 2.20. The monoisotopic (exact) mass is 267 g/mol. The summed E-state index contributed by atoms with van der Waals surface area (Å²) in [5.41, 5.74) is 0.162. The number of carbonyl (C=O) groups excluding carboxylic acids is 1. The lowest BCUT2D eigenvalue weighted by molar-refractivity contribution is -0.145. The molecule has 1 rings (SSSR count). The lowest BCUT2D eigenvalue weighted by atomic mass is 10.2. The number of esters is 1. The van der Waals surface area contributed by atoms with Crippen LogP contribution in [0.2, 0.25) is 0 Å².